The van der Waals surface area contributed by atoms with Gasteiger partial charge in [0.15, 0.2) is 5.57 Å². The van der Waals surface area contributed by atoms with Gasteiger partial charge in [0.1, 0.15) is 30.0 Å². The number of aliphatic imine (C=N–C) groups is 1. The molecular weight excluding hydrogens is 560 g/mol. The molecule has 0 spiro atoms. The molecular formula is C26H31ClF2N9O3+. The first kappa shape index (κ1) is 29.8. The average Bonchev–Trinajstić information content (AvgIpc) is 3.32. The zero-order chi connectivity index (χ0) is 29.5. The molecule has 2 aliphatic rings. The Kier molecular flexibility index (Phi) is 9.81. The highest BCUT2D eigenvalue weighted by Crippen LogP contribution is 2.37. The SMILES string of the molecule is CCNC1CCN(C(=O)Cn2cc(NC(=O)/C(C(=N)N)=C3\N=CC=C[NH2+]3)c(-c3cc(Cl)ccc3OC(F)F)n2)CC1. The highest BCUT2D eigenvalue weighted by atomic mass is 35.5. The summed E-state index contributed by atoms with van der Waals surface area (Å²) in [6, 6.07) is 4.35. The molecule has 1 aromatic heterocycles. The molecule has 0 aliphatic carbocycles. The lowest BCUT2D eigenvalue weighted by atomic mass is 10.1. The number of rotatable bonds is 10. The van der Waals surface area contributed by atoms with Gasteiger partial charge in [0, 0.05) is 48.2 Å². The summed E-state index contributed by atoms with van der Waals surface area (Å²) < 4.78 is 32.4. The summed E-state index contributed by atoms with van der Waals surface area (Å²) in [5, 5.41) is 20.1. The van der Waals surface area contributed by atoms with E-state index >= 15 is 0 Å². The number of nitrogens with zero attached hydrogens (tertiary/aromatic N) is 4. The summed E-state index contributed by atoms with van der Waals surface area (Å²) >= 11 is 6.17. The molecule has 0 unspecified atom stereocenters. The van der Waals surface area contributed by atoms with Gasteiger partial charge in [-0.15, -0.1) is 0 Å². The number of aromatic nitrogens is 2. The third-order valence-corrected chi connectivity index (χ3v) is 6.71. The summed E-state index contributed by atoms with van der Waals surface area (Å²) in [5.41, 5.74) is 5.64. The number of halogens is 3. The van der Waals surface area contributed by atoms with Gasteiger partial charge >= 0.3 is 6.61 Å². The molecule has 0 radical (unpaired) electrons. The van der Waals surface area contributed by atoms with Crippen LogP contribution in [-0.2, 0) is 16.1 Å². The number of amidine groups is 1. The number of allylic oxidation sites excluding steroid dienone is 1. The maximum absolute atomic E-state index is 13.3. The number of ether oxygens (including phenoxy) is 1. The van der Waals surface area contributed by atoms with E-state index in [-0.39, 0.29) is 51.6 Å². The fourth-order valence-electron chi connectivity index (χ4n) is 4.61. The molecule has 1 fully saturated rings. The Balaban J connectivity index is 1.67. The van der Waals surface area contributed by atoms with Crippen LogP contribution >= 0.6 is 11.6 Å². The number of nitrogens with one attached hydrogen (secondary N) is 3. The van der Waals surface area contributed by atoms with Crippen LogP contribution in [0.4, 0.5) is 14.5 Å². The summed E-state index contributed by atoms with van der Waals surface area (Å²) in [7, 11) is 0. The van der Waals surface area contributed by atoms with E-state index in [9.17, 15) is 18.4 Å². The van der Waals surface area contributed by atoms with Gasteiger partial charge in [0.2, 0.25) is 11.7 Å². The minimum atomic E-state index is -3.14. The third-order valence-electron chi connectivity index (χ3n) is 6.48. The second-order valence-corrected chi connectivity index (χ2v) is 9.71. The van der Waals surface area contributed by atoms with E-state index in [1.165, 1.54) is 40.6 Å². The van der Waals surface area contributed by atoms with Gasteiger partial charge in [-0.05, 0) is 37.6 Å². The molecule has 3 heterocycles. The van der Waals surface area contributed by atoms with Gasteiger partial charge in [0.05, 0.1) is 5.69 Å². The normalized spacial score (nSPS) is 16.7. The van der Waals surface area contributed by atoms with Crippen molar-refractivity contribution < 1.29 is 28.4 Å². The number of benzene rings is 1. The molecule has 2 aliphatic heterocycles. The van der Waals surface area contributed by atoms with Crippen molar-refractivity contribution in [1.29, 1.82) is 5.41 Å². The zero-order valence-corrected chi connectivity index (χ0v) is 23.0. The highest BCUT2D eigenvalue weighted by molar-refractivity contribution is 6.31. The summed E-state index contributed by atoms with van der Waals surface area (Å²) in [6.45, 7) is 0.750. The quantitative estimate of drug-likeness (QED) is 0.160. The molecule has 41 heavy (non-hydrogen) atoms. The molecule has 7 N–H and O–H groups in total. The predicted octanol–water partition coefficient (Wildman–Crippen LogP) is 1.65. The first-order valence-corrected chi connectivity index (χ1v) is 13.3. The monoisotopic (exact) mass is 590 g/mol. The van der Waals surface area contributed by atoms with Crippen LogP contribution in [0.25, 0.3) is 11.3 Å². The van der Waals surface area contributed by atoms with Crippen LogP contribution in [0.5, 0.6) is 5.75 Å². The summed E-state index contributed by atoms with van der Waals surface area (Å²) in [4.78, 5) is 32.3. The Morgan fingerprint density at radius 3 is 2.71 bits per heavy atom. The zero-order valence-electron chi connectivity index (χ0n) is 22.2. The van der Waals surface area contributed by atoms with Gasteiger partial charge in [-0.3, -0.25) is 25.0 Å². The van der Waals surface area contributed by atoms with Crippen molar-refractivity contribution in [3.63, 3.8) is 0 Å². The van der Waals surface area contributed by atoms with E-state index in [1.807, 2.05) is 6.92 Å². The van der Waals surface area contributed by atoms with Gasteiger partial charge in [0.25, 0.3) is 5.91 Å². The minimum absolute atomic E-state index is 0.0269. The van der Waals surface area contributed by atoms with Crippen LogP contribution in [0.3, 0.4) is 0 Å². The van der Waals surface area contributed by atoms with Crippen LogP contribution in [0.2, 0.25) is 5.02 Å². The highest BCUT2D eigenvalue weighted by Gasteiger charge is 2.27. The summed E-state index contributed by atoms with van der Waals surface area (Å²) in [5.74, 6) is -1.58. The van der Waals surface area contributed by atoms with Crippen molar-refractivity contribution in [3.8, 4) is 17.0 Å². The van der Waals surface area contributed by atoms with Crippen molar-refractivity contribution in [2.75, 3.05) is 25.0 Å². The Bertz CT molecular complexity index is 1400. The molecule has 0 saturated carbocycles. The molecule has 0 bridgehead atoms. The number of anilines is 1. The smallest absolute Gasteiger partial charge is 0.387 e. The van der Waals surface area contributed by atoms with Gasteiger partial charge in [-0.1, -0.05) is 18.5 Å². The second-order valence-electron chi connectivity index (χ2n) is 9.28. The van der Waals surface area contributed by atoms with Gasteiger partial charge in [-0.2, -0.15) is 13.9 Å². The molecule has 2 aromatic rings. The number of hydrogen-bond donors (Lipinski definition) is 5. The fourth-order valence-corrected chi connectivity index (χ4v) is 4.78. The van der Waals surface area contributed by atoms with Crippen LogP contribution in [0.1, 0.15) is 19.8 Å². The lowest BCUT2D eigenvalue weighted by Crippen LogP contribution is -2.77. The number of carbonyl (C=O) groups excluding carboxylic acids is 2. The Morgan fingerprint density at radius 1 is 1.32 bits per heavy atom. The molecule has 1 aromatic carbocycles. The molecule has 2 amide bonds. The van der Waals surface area contributed by atoms with E-state index in [0.717, 1.165) is 19.4 Å². The Hall–Kier alpha value is -4.14. The summed E-state index contributed by atoms with van der Waals surface area (Å²) in [6.07, 6.45) is 7.76. The van der Waals surface area contributed by atoms with Gasteiger partial charge in [-0.25, -0.2) is 4.99 Å². The minimum Gasteiger partial charge on any atom is -0.434 e. The average molecular weight is 591 g/mol. The van der Waals surface area contributed by atoms with Crippen LogP contribution in [0, 0.1) is 5.41 Å². The standard InChI is InChI=1S/C26H30ClF2N9O3/c1-2-32-16-6-10-37(11-7-16)20(39)14-38-13-18(35-25(40)21(23(30)31)24-33-8-3-9-34-24)22(36-38)17-12-15(27)4-5-19(17)41-26(28)29/h3-5,8-9,12-13,16,26,32-33H,2,6-7,10-11,14H2,1H3,(H3,30,31)(H,35,40)/p+1/b24-21-. The number of piperidine rings is 1. The molecule has 1 saturated heterocycles. The van der Waals surface area contributed by atoms with E-state index < -0.39 is 18.4 Å². The Labute approximate surface area is 239 Å². The maximum Gasteiger partial charge on any atom is 0.387 e. The van der Waals surface area contributed by atoms with E-state index in [4.69, 9.17) is 22.7 Å². The number of hydrogen-bond acceptors (Lipinski definition) is 7. The van der Waals surface area contributed by atoms with Crippen LogP contribution in [0.15, 0.2) is 53.1 Å². The van der Waals surface area contributed by atoms with Crippen LogP contribution < -0.4 is 26.4 Å². The van der Waals surface area contributed by atoms with Crippen molar-refractivity contribution >= 4 is 41.2 Å². The predicted molar refractivity (Wildman–Crippen MR) is 150 cm³/mol. The molecule has 4 rings (SSSR count). The van der Waals surface area contributed by atoms with Crippen LogP contribution in [-0.4, -0.2) is 70.8 Å². The first-order valence-electron chi connectivity index (χ1n) is 12.9. The Morgan fingerprint density at radius 2 is 2.07 bits per heavy atom. The number of amides is 2. The number of likely N-dealkylation sites (tertiary alicyclic amines) is 1. The van der Waals surface area contributed by atoms with Crippen molar-refractivity contribution in [2.45, 2.75) is 39.0 Å². The molecule has 15 heteroatoms. The number of quaternary nitrogens is 1. The number of nitrogens with two attached hydrogens (primary N) is 2. The number of carbonyl (C=O) groups is 2. The largest absolute Gasteiger partial charge is 0.434 e. The van der Waals surface area contributed by atoms with Crippen molar-refractivity contribution in [1.82, 2.24) is 20.0 Å². The topological polar surface area (TPSA) is 167 Å². The van der Waals surface area contributed by atoms with Crippen molar-refractivity contribution in [3.05, 3.63) is 53.1 Å². The molecule has 12 nitrogen and oxygen atoms in total. The lowest BCUT2D eigenvalue weighted by molar-refractivity contribution is -0.536. The maximum atomic E-state index is 13.3. The third kappa shape index (κ3) is 7.54. The lowest BCUT2D eigenvalue weighted by Gasteiger charge is -2.32. The number of alkyl halides is 2. The fraction of sp³-hybridized carbons (Fsp3) is 0.346. The first-order chi connectivity index (χ1) is 19.7. The van der Waals surface area contributed by atoms with E-state index in [2.05, 4.69) is 25.5 Å². The van der Waals surface area contributed by atoms with E-state index in [1.54, 1.807) is 17.2 Å². The molecule has 0 atom stereocenters. The molecule has 218 valence electrons. The van der Waals surface area contributed by atoms with Crippen molar-refractivity contribution in [2.24, 2.45) is 10.7 Å². The second kappa shape index (κ2) is 13.5. The van der Waals surface area contributed by atoms with E-state index in [0.29, 0.717) is 19.1 Å². The van der Waals surface area contributed by atoms with Gasteiger partial charge < -0.3 is 26.0 Å².